The van der Waals surface area contributed by atoms with Gasteiger partial charge in [0.2, 0.25) is 0 Å². The number of carbonyl (C=O) groups is 2. The normalized spacial score (nSPS) is 23.4. The molecule has 1 aromatic rings. The van der Waals surface area contributed by atoms with Crippen LogP contribution in [0.15, 0.2) is 42.0 Å². The Hall–Kier alpha value is -2.14. The number of benzene rings is 1. The summed E-state index contributed by atoms with van der Waals surface area (Å²) in [5.74, 6) is -1.27. The van der Waals surface area contributed by atoms with Crippen molar-refractivity contribution in [2.75, 3.05) is 14.2 Å². The molecule has 1 aliphatic rings. The van der Waals surface area contributed by atoms with Gasteiger partial charge in [-0.25, -0.2) is 0 Å². The van der Waals surface area contributed by atoms with Crippen molar-refractivity contribution < 1.29 is 23.8 Å². The van der Waals surface area contributed by atoms with E-state index in [-0.39, 0.29) is 12.5 Å². The molecule has 23 heavy (non-hydrogen) atoms. The van der Waals surface area contributed by atoms with Crippen LogP contribution in [-0.2, 0) is 23.8 Å². The summed E-state index contributed by atoms with van der Waals surface area (Å²) >= 11 is 0. The smallest absolute Gasteiger partial charge is 0.326 e. The largest absolute Gasteiger partial charge is 0.468 e. The van der Waals surface area contributed by atoms with Crippen LogP contribution in [0.1, 0.15) is 31.9 Å². The fourth-order valence-corrected chi connectivity index (χ4v) is 3.00. The molecule has 1 aromatic carbocycles. The lowest BCUT2D eigenvalue weighted by Gasteiger charge is -2.28. The highest BCUT2D eigenvalue weighted by molar-refractivity contribution is 6.01. The van der Waals surface area contributed by atoms with Crippen LogP contribution in [0.2, 0.25) is 0 Å². The van der Waals surface area contributed by atoms with E-state index in [1.54, 1.807) is 0 Å². The van der Waals surface area contributed by atoms with Gasteiger partial charge in [-0.1, -0.05) is 36.4 Å². The van der Waals surface area contributed by atoms with Crippen LogP contribution in [0.5, 0.6) is 0 Å². The molecule has 1 fully saturated rings. The minimum Gasteiger partial charge on any atom is -0.468 e. The first-order valence-electron chi connectivity index (χ1n) is 7.51. The Kier molecular flexibility index (Phi) is 5.21. The molecule has 0 aliphatic carbocycles. The van der Waals surface area contributed by atoms with Crippen molar-refractivity contribution in [1.82, 2.24) is 0 Å². The Morgan fingerprint density at radius 2 is 1.74 bits per heavy atom. The Morgan fingerprint density at radius 1 is 1.17 bits per heavy atom. The van der Waals surface area contributed by atoms with Gasteiger partial charge in [0.25, 0.3) is 0 Å². The average Bonchev–Trinajstić information content (AvgIpc) is 3.02. The molecule has 2 rings (SSSR count). The molecule has 0 unspecified atom stereocenters. The van der Waals surface area contributed by atoms with E-state index < -0.39 is 23.5 Å². The molecule has 1 aliphatic heterocycles. The maximum atomic E-state index is 12.6. The van der Waals surface area contributed by atoms with Gasteiger partial charge in [-0.05, 0) is 25.0 Å². The predicted molar refractivity (Wildman–Crippen MR) is 84.6 cm³/mol. The van der Waals surface area contributed by atoms with Crippen LogP contribution >= 0.6 is 0 Å². The van der Waals surface area contributed by atoms with Gasteiger partial charge in [-0.15, -0.1) is 0 Å². The minimum absolute atomic E-state index is 0.197. The van der Waals surface area contributed by atoms with Gasteiger partial charge in [0.05, 0.1) is 20.3 Å². The van der Waals surface area contributed by atoms with Crippen LogP contribution in [0, 0.1) is 5.41 Å². The van der Waals surface area contributed by atoms with Crippen LogP contribution in [0.25, 0.3) is 0 Å². The zero-order chi connectivity index (χ0) is 17.0. The van der Waals surface area contributed by atoms with Gasteiger partial charge in [-0.3, -0.25) is 9.59 Å². The summed E-state index contributed by atoms with van der Waals surface area (Å²) in [6.07, 6.45) is 1.02. The molecule has 0 saturated carbocycles. The number of ether oxygens (including phenoxy) is 3. The number of methoxy groups -OCH3 is 2. The van der Waals surface area contributed by atoms with Crippen molar-refractivity contribution in [3.05, 3.63) is 47.5 Å². The number of esters is 2. The van der Waals surface area contributed by atoms with Crippen molar-refractivity contribution >= 4 is 11.9 Å². The summed E-state index contributed by atoms with van der Waals surface area (Å²) < 4.78 is 16.0. The maximum absolute atomic E-state index is 12.6. The first kappa shape index (κ1) is 17.2. The molecule has 0 radical (unpaired) electrons. The zero-order valence-electron chi connectivity index (χ0n) is 13.9. The fraction of sp³-hybridized carbons (Fsp3) is 0.444. The summed E-state index contributed by atoms with van der Waals surface area (Å²) in [7, 11) is 2.54. The van der Waals surface area contributed by atoms with Crippen molar-refractivity contribution in [3.63, 3.8) is 0 Å². The topological polar surface area (TPSA) is 61.8 Å². The van der Waals surface area contributed by atoms with Crippen molar-refractivity contribution in [2.24, 2.45) is 5.41 Å². The SMILES string of the molecule is C/C=C(\C)[C@H]1CC(C(=O)OC)(C(=O)OC)[C@@H](c2ccccc2)O1. The number of rotatable bonds is 4. The minimum atomic E-state index is -1.50. The van der Waals surface area contributed by atoms with E-state index in [2.05, 4.69) is 0 Å². The molecule has 1 heterocycles. The summed E-state index contributed by atoms with van der Waals surface area (Å²) in [5.41, 5.74) is 0.204. The molecule has 0 N–H and O–H groups in total. The highest BCUT2D eigenvalue weighted by Gasteiger charge is 2.62. The van der Waals surface area contributed by atoms with Crippen molar-refractivity contribution in [2.45, 2.75) is 32.5 Å². The first-order valence-corrected chi connectivity index (χ1v) is 7.51. The van der Waals surface area contributed by atoms with Gasteiger partial charge in [0, 0.05) is 6.42 Å². The standard InChI is InChI=1S/C18H22O5/c1-5-12(2)14-11-18(16(19)21-3,17(20)22-4)15(23-14)13-9-7-6-8-10-13/h5-10,14-15H,11H2,1-4H3/b12-5+/t14-,15-/m1/s1. The third kappa shape index (κ3) is 2.88. The van der Waals surface area contributed by atoms with E-state index >= 15 is 0 Å². The zero-order valence-corrected chi connectivity index (χ0v) is 13.9. The van der Waals surface area contributed by atoms with Gasteiger partial charge >= 0.3 is 11.9 Å². The van der Waals surface area contributed by atoms with Crippen LogP contribution in [0.3, 0.4) is 0 Å². The molecule has 5 heteroatoms. The fourth-order valence-electron chi connectivity index (χ4n) is 3.00. The lowest BCUT2D eigenvalue weighted by atomic mass is 9.76. The third-order valence-corrected chi connectivity index (χ3v) is 4.42. The molecule has 0 aromatic heterocycles. The van der Waals surface area contributed by atoms with Crippen LogP contribution < -0.4 is 0 Å². The molecule has 0 amide bonds. The molecule has 0 bridgehead atoms. The quantitative estimate of drug-likeness (QED) is 0.485. The number of allylic oxidation sites excluding steroid dienone is 1. The van der Waals surface area contributed by atoms with E-state index in [1.807, 2.05) is 50.3 Å². The van der Waals surface area contributed by atoms with E-state index in [4.69, 9.17) is 14.2 Å². The summed E-state index contributed by atoms with van der Waals surface area (Å²) in [5, 5.41) is 0. The third-order valence-electron chi connectivity index (χ3n) is 4.42. The Labute approximate surface area is 136 Å². The molecular formula is C18H22O5. The first-order chi connectivity index (χ1) is 11.0. The summed E-state index contributed by atoms with van der Waals surface area (Å²) in [4.78, 5) is 25.1. The highest BCUT2D eigenvalue weighted by Crippen LogP contribution is 2.51. The molecule has 0 spiro atoms. The van der Waals surface area contributed by atoms with Crippen LogP contribution in [-0.4, -0.2) is 32.3 Å². The number of hydrogen-bond acceptors (Lipinski definition) is 5. The van der Waals surface area contributed by atoms with E-state index in [1.165, 1.54) is 14.2 Å². The Bertz CT molecular complexity index is 589. The second-order valence-corrected chi connectivity index (χ2v) is 5.61. The molecule has 5 nitrogen and oxygen atoms in total. The number of hydrogen-bond donors (Lipinski definition) is 0. The predicted octanol–water partition coefficient (Wildman–Crippen LogP) is 2.82. The second kappa shape index (κ2) is 6.96. The van der Waals surface area contributed by atoms with E-state index in [9.17, 15) is 9.59 Å². The van der Waals surface area contributed by atoms with Gasteiger partial charge in [0.1, 0.15) is 6.10 Å². The van der Waals surface area contributed by atoms with Crippen molar-refractivity contribution in [1.29, 1.82) is 0 Å². The lowest BCUT2D eigenvalue weighted by Crippen LogP contribution is -2.43. The molecule has 2 atom stereocenters. The summed E-state index contributed by atoms with van der Waals surface area (Å²) in [6.45, 7) is 3.81. The molecule has 124 valence electrons. The van der Waals surface area contributed by atoms with Gasteiger partial charge in [-0.2, -0.15) is 0 Å². The van der Waals surface area contributed by atoms with Gasteiger partial charge in [0.15, 0.2) is 5.41 Å². The molecular weight excluding hydrogens is 296 g/mol. The van der Waals surface area contributed by atoms with Crippen molar-refractivity contribution in [3.8, 4) is 0 Å². The summed E-state index contributed by atoms with van der Waals surface area (Å²) in [6, 6.07) is 9.21. The van der Waals surface area contributed by atoms with Crippen LogP contribution in [0.4, 0.5) is 0 Å². The molecule has 1 saturated heterocycles. The Balaban J connectivity index is 2.57. The maximum Gasteiger partial charge on any atom is 0.326 e. The van der Waals surface area contributed by atoms with E-state index in [0.29, 0.717) is 0 Å². The lowest BCUT2D eigenvalue weighted by molar-refractivity contribution is -0.173. The van der Waals surface area contributed by atoms with E-state index in [0.717, 1.165) is 11.1 Å². The average molecular weight is 318 g/mol. The van der Waals surface area contributed by atoms with Gasteiger partial charge < -0.3 is 14.2 Å². The Morgan fingerprint density at radius 3 is 2.22 bits per heavy atom. The highest BCUT2D eigenvalue weighted by atomic mass is 16.6. The monoisotopic (exact) mass is 318 g/mol. The number of carbonyl (C=O) groups excluding carboxylic acids is 2. The second-order valence-electron chi connectivity index (χ2n) is 5.61.